The number of carboxylic acid groups (broad SMARTS) is 2. The van der Waals surface area contributed by atoms with Gasteiger partial charge in [0.1, 0.15) is 12.1 Å². The lowest BCUT2D eigenvalue weighted by atomic mass is 9.69. The van der Waals surface area contributed by atoms with Crippen molar-refractivity contribution in [2.75, 3.05) is 19.6 Å². The van der Waals surface area contributed by atoms with Gasteiger partial charge in [-0.15, -0.1) is 0 Å². The lowest BCUT2D eigenvalue weighted by molar-refractivity contribution is -0.143. The second-order valence-corrected chi connectivity index (χ2v) is 8.67. The Bertz CT molecular complexity index is 475. The minimum atomic E-state index is -0.752. The van der Waals surface area contributed by atoms with Crippen molar-refractivity contribution in [1.29, 1.82) is 0 Å². The van der Waals surface area contributed by atoms with E-state index in [2.05, 4.69) is 26.1 Å². The minimum absolute atomic E-state index is 0.259. The number of likely N-dealkylation sites (tertiary alicyclic amines) is 1. The summed E-state index contributed by atoms with van der Waals surface area (Å²) in [7, 11) is 0. The molecule has 2 heterocycles. The van der Waals surface area contributed by atoms with E-state index >= 15 is 0 Å². The smallest absolute Gasteiger partial charge is 0.320 e. The first-order valence-corrected chi connectivity index (χ1v) is 9.42. The molecule has 1 saturated carbocycles. The first-order valence-electron chi connectivity index (χ1n) is 8.51. The molecule has 1 aliphatic carbocycles. The van der Waals surface area contributed by atoms with E-state index < -0.39 is 18.0 Å². The Balaban J connectivity index is 1.57. The number of hydrogen-bond donors (Lipinski definition) is 3. The van der Waals surface area contributed by atoms with Gasteiger partial charge in [0.15, 0.2) is 0 Å². The number of alkyl halides is 1. The van der Waals surface area contributed by atoms with Crippen LogP contribution in [0.1, 0.15) is 32.1 Å². The maximum absolute atomic E-state index is 11.4. The Hall–Kier alpha value is -0.660. The van der Waals surface area contributed by atoms with E-state index in [0.29, 0.717) is 30.6 Å². The molecule has 0 unspecified atom stereocenters. The van der Waals surface area contributed by atoms with Crippen molar-refractivity contribution in [3.8, 4) is 0 Å². The van der Waals surface area contributed by atoms with Crippen LogP contribution in [0.25, 0.3) is 0 Å². The van der Waals surface area contributed by atoms with Crippen LogP contribution in [-0.4, -0.2) is 63.6 Å². The predicted molar refractivity (Wildman–Crippen MR) is 88.7 cm³/mol. The molecule has 0 amide bonds. The highest BCUT2D eigenvalue weighted by molar-refractivity contribution is 9.09. The summed E-state index contributed by atoms with van der Waals surface area (Å²) in [5.74, 6) is 0.0523. The highest BCUT2D eigenvalue weighted by atomic mass is 79.9. The summed E-state index contributed by atoms with van der Waals surface area (Å²) in [6.07, 6.45) is 4.65. The van der Waals surface area contributed by atoms with Crippen LogP contribution in [0.2, 0.25) is 0 Å². The number of hydrogen-bond acceptors (Lipinski definition) is 4. The number of rotatable bonds is 4. The lowest BCUT2D eigenvalue weighted by Gasteiger charge is -2.42. The van der Waals surface area contributed by atoms with Gasteiger partial charge in [-0.1, -0.05) is 15.9 Å². The molecule has 6 atom stereocenters. The van der Waals surface area contributed by atoms with Crippen molar-refractivity contribution in [2.45, 2.75) is 49.0 Å². The fourth-order valence-electron chi connectivity index (χ4n) is 4.65. The molecule has 0 radical (unpaired) electrons. The maximum Gasteiger partial charge on any atom is 0.320 e. The minimum Gasteiger partial charge on any atom is -0.480 e. The van der Waals surface area contributed by atoms with E-state index in [1.54, 1.807) is 0 Å². The number of halogens is 1. The number of fused-ring (bicyclic) bond motifs is 1. The highest BCUT2D eigenvalue weighted by Crippen LogP contribution is 2.39. The molecule has 3 fully saturated rings. The lowest BCUT2D eigenvalue weighted by Crippen LogP contribution is -2.50. The number of carbonyl (C=O) groups is 2. The van der Waals surface area contributed by atoms with Gasteiger partial charge < -0.3 is 15.5 Å². The molecule has 130 valence electrons. The van der Waals surface area contributed by atoms with Crippen molar-refractivity contribution < 1.29 is 19.8 Å². The molecule has 0 spiro atoms. The van der Waals surface area contributed by atoms with Crippen molar-refractivity contribution in [1.82, 2.24) is 10.2 Å². The Morgan fingerprint density at radius 2 is 1.87 bits per heavy atom. The number of nitrogens with one attached hydrogen (secondary N) is 1. The normalized spacial score (nSPS) is 41.4. The zero-order valence-corrected chi connectivity index (χ0v) is 14.7. The number of carboxylic acids is 2. The van der Waals surface area contributed by atoms with Crippen LogP contribution in [0.4, 0.5) is 0 Å². The Kier molecular flexibility index (Phi) is 5.28. The van der Waals surface area contributed by atoms with Crippen molar-refractivity contribution in [2.24, 2.45) is 17.8 Å². The van der Waals surface area contributed by atoms with E-state index in [1.165, 1.54) is 0 Å². The van der Waals surface area contributed by atoms with E-state index in [4.69, 9.17) is 0 Å². The molecule has 3 rings (SSSR count). The monoisotopic (exact) mass is 388 g/mol. The van der Waals surface area contributed by atoms with Crippen LogP contribution >= 0.6 is 15.9 Å². The van der Waals surface area contributed by atoms with Gasteiger partial charge in [-0.2, -0.15) is 0 Å². The molecule has 0 aromatic rings. The average molecular weight is 389 g/mol. The molecule has 6 nitrogen and oxygen atoms in total. The number of nitrogens with zero attached hydrogens (tertiary/aromatic N) is 1. The Morgan fingerprint density at radius 1 is 1.09 bits per heavy atom. The standard InChI is InChI=1S/C16H25BrN2O4/c17-12-5-14(16(22)23)19(8-12)7-9-1-2-10-6-18-13(15(20)21)4-11(10)3-9/h9-14,18H,1-8H2,(H,20,21)(H,22,23)/t9-,10-,11+,12+,13-,14-/m0/s1. The predicted octanol–water partition coefficient (Wildman–Crippen LogP) is 1.39. The van der Waals surface area contributed by atoms with Crippen LogP contribution in [0, 0.1) is 17.8 Å². The molecule has 3 aliphatic rings. The van der Waals surface area contributed by atoms with Gasteiger partial charge in [-0.05, 0) is 56.4 Å². The summed E-state index contributed by atoms with van der Waals surface area (Å²) in [6.45, 7) is 2.42. The summed E-state index contributed by atoms with van der Waals surface area (Å²) in [4.78, 5) is 25.0. The SMILES string of the molecule is O=C(O)[C@@H]1C[C@H]2C[C@@H](CN3C[C@H](Br)C[C@H]3C(=O)O)CC[C@H]2CN1. The molecule has 2 aliphatic heterocycles. The zero-order chi connectivity index (χ0) is 16.6. The van der Waals surface area contributed by atoms with Crippen molar-refractivity contribution in [3.05, 3.63) is 0 Å². The third-order valence-corrected chi connectivity index (χ3v) is 6.50. The van der Waals surface area contributed by atoms with E-state index in [1.807, 2.05) is 0 Å². The topological polar surface area (TPSA) is 89.9 Å². The molecule has 7 heteroatoms. The summed E-state index contributed by atoms with van der Waals surface area (Å²) < 4.78 is 0. The van der Waals surface area contributed by atoms with E-state index in [-0.39, 0.29) is 10.9 Å². The first kappa shape index (κ1) is 17.2. The highest BCUT2D eigenvalue weighted by Gasteiger charge is 2.41. The van der Waals surface area contributed by atoms with Gasteiger partial charge in [0, 0.05) is 17.9 Å². The molecular formula is C16H25BrN2O4. The van der Waals surface area contributed by atoms with Crippen molar-refractivity contribution in [3.63, 3.8) is 0 Å². The molecule has 2 saturated heterocycles. The molecule has 23 heavy (non-hydrogen) atoms. The second kappa shape index (κ2) is 7.07. The second-order valence-electron chi connectivity index (χ2n) is 7.37. The number of aliphatic carboxylic acids is 2. The van der Waals surface area contributed by atoms with Gasteiger partial charge in [-0.25, -0.2) is 0 Å². The van der Waals surface area contributed by atoms with Crippen LogP contribution < -0.4 is 5.32 Å². The molecule has 0 bridgehead atoms. The third-order valence-electron chi connectivity index (χ3n) is 5.84. The van der Waals surface area contributed by atoms with Gasteiger partial charge in [0.05, 0.1) is 0 Å². The van der Waals surface area contributed by atoms with Crippen LogP contribution in [0.3, 0.4) is 0 Å². The van der Waals surface area contributed by atoms with Crippen LogP contribution in [0.5, 0.6) is 0 Å². The largest absolute Gasteiger partial charge is 0.480 e. The number of piperidine rings is 1. The summed E-state index contributed by atoms with van der Waals surface area (Å²) in [5, 5.41) is 21.7. The molecule has 3 N–H and O–H groups in total. The van der Waals surface area contributed by atoms with Gasteiger partial charge in [0.2, 0.25) is 0 Å². The summed E-state index contributed by atoms with van der Waals surface area (Å²) in [5.41, 5.74) is 0. The van der Waals surface area contributed by atoms with E-state index in [0.717, 1.165) is 38.9 Å². The quantitative estimate of drug-likeness (QED) is 0.630. The fraction of sp³-hybridized carbons (Fsp3) is 0.875. The Labute approximate surface area is 144 Å². The first-order chi connectivity index (χ1) is 10.9. The molecule has 0 aromatic carbocycles. The van der Waals surface area contributed by atoms with Gasteiger partial charge >= 0.3 is 11.9 Å². The summed E-state index contributed by atoms with van der Waals surface area (Å²) in [6, 6.07) is -0.794. The zero-order valence-electron chi connectivity index (χ0n) is 13.2. The fourth-order valence-corrected chi connectivity index (χ4v) is 5.38. The third kappa shape index (κ3) is 3.88. The van der Waals surface area contributed by atoms with E-state index in [9.17, 15) is 19.8 Å². The van der Waals surface area contributed by atoms with Gasteiger partial charge in [-0.3, -0.25) is 14.5 Å². The molecule has 0 aromatic heterocycles. The maximum atomic E-state index is 11.4. The van der Waals surface area contributed by atoms with Gasteiger partial charge in [0.25, 0.3) is 0 Å². The Morgan fingerprint density at radius 3 is 2.57 bits per heavy atom. The summed E-state index contributed by atoms with van der Waals surface area (Å²) >= 11 is 3.55. The van der Waals surface area contributed by atoms with Crippen molar-refractivity contribution >= 4 is 27.9 Å². The average Bonchev–Trinajstić information content (AvgIpc) is 2.87. The van der Waals surface area contributed by atoms with Crippen LogP contribution in [0.15, 0.2) is 0 Å². The molecular weight excluding hydrogens is 364 g/mol. The van der Waals surface area contributed by atoms with Crippen LogP contribution in [-0.2, 0) is 9.59 Å².